The van der Waals surface area contributed by atoms with Gasteiger partial charge in [0.05, 0.1) is 0 Å². The highest BCUT2D eigenvalue weighted by molar-refractivity contribution is 6.36. The van der Waals surface area contributed by atoms with Crippen molar-refractivity contribution in [2.75, 3.05) is 5.32 Å². The van der Waals surface area contributed by atoms with Crippen molar-refractivity contribution < 1.29 is 28.4 Å². The molecular formula is C35H41N5O7. The Morgan fingerprint density at radius 3 is 2.45 bits per heavy atom. The van der Waals surface area contributed by atoms with Gasteiger partial charge in [0.15, 0.2) is 5.76 Å². The third kappa shape index (κ3) is 7.01. The minimum absolute atomic E-state index is 0.0460. The summed E-state index contributed by atoms with van der Waals surface area (Å²) in [5.74, 6) is -2.36. The van der Waals surface area contributed by atoms with E-state index < -0.39 is 35.1 Å². The van der Waals surface area contributed by atoms with Crippen LogP contribution in [-0.2, 0) is 32.1 Å². The number of benzene rings is 1. The van der Waals surface area contributed by atoms with Crippen LogP contribution < -0.4 is 26.8 Å². The molecule has 3 aromatic rings. The molecule has 12 heteroatoms. The van der Waals surface area contributed by atoms with E-state index in [2.05, 4.69) is 21.3 Å². The van der Waals surface area contributed by atoms with E-state index in [0.29, 0.717) is 23.5 Å². The summed E-state index contributed by atoms with van der Waals surface area (Å²) in [5.41, 5.74) is 0.378. The number of anilines is 1. The lowest BCUT2D eigenvalue weighted by Crippen LogP contribution is -2.68. The van der Waals surface area contributed by atoms with Crippen molar-refractivity contribution in [2.45, 2.75) is 102 Å². The van der Waals surface area contributed by atoms with Crippen LogP contribution in [0.1, 0.15) is 87.3 Å². The Bertz CT molecular complexity index is 1750. The maximum absolute atomic E-state index is 13.6. The van der Waals surface area contributed by atoms with Crippen LogP contribution in [-0.4, -0.2) is 51.6 Å². The number of carbonyl (C=O) groups excluding carboxylic acids is 5. The minimum Gasteiger partial charge on any atom is -0.451 e. The Balaban J connectivity index is 1.16. The Morgan fingerprint density at radius 2 is 1.74 bits per heavy atom. The fourth-order valence-electron chi connectivity index (χ4n) is 7.13. The Morgan fingerprint density at radius 1 is 1.00 bits per heavy atom. The highest BCUT2D eigenvalue weighted by Gasteiger charge is 2.57. The highest BCUT2D eigenvalue weighted by atomic mass is 16.3. The van der Waals surface area contributed by atoms with Crippen molar-refractivity contribution in [2.24, 2.45) is 5.92 Å². The van der Waals surface area contributed by atoms with Crippen LogP contribution >= 0.6 is 0 Å². The van der Waals surface area contributed by atoms with Gasteiger partial charge in [0.2, 0.25) is 17.6 Å². The number of nitrogens with zero attached hydrogens (tertiary/aromatic N) is 1. The van der Waals surface area contributed by atoms with E-state index >= 15 is 0 Å². The number of pyridine rings is 1. The molecule has 2 bridgehead atoms. The molecule has 4 aliphatic carbocycles. The fourth-order valence-corrected chi connectivity index (χ4v) is 7.13. The molecule has 0 aliphatic heterocycles. The number of hydrogen-bond donors (Lipinski definition) is 4. The zero-order valence-corrected chi connectivity index (χ0v) is 26.6. The van der Waals surface area contributed by atoms with E-state index in [4.69, 9.17) is 4.42 Å². The maximum atomic E-state index is 13.6. The Labute approximate surface area is 272 Å². The summed E-state index contributed by atoms with van der Waals surface area (Å²) in [5, 5.41) is 11.8. The van der Waals surface area contributed by atoms with Crippen LogP contribution in [0.4, 0.5) is 5.69 Å². The zero-order chi connectivity index (χ0) is 33.1. The number of hydrogen-bond acceptors (Lipinski definition) is 7. The van der Waals surface area contributed by atoms with Gasteiger partial charge in [0.1, 0.15) is 23.9 Å². The maximum Gasteiger partial charge on any atom is 0.287 e. The molecule has 0 spiro atoms. The number of ketones is 1. The summed E-state index contributed by atoms with van der Waals surface area (Å²) < 4.78 is 7.07. The number of carbonyl (C=O) groups is 5. The topological polar surface area (TPSA) is 169 Å². The van der Waals surface area contributed by atoms with E-state index in [-0.39, 0.29) is 48.3 Å². The number of aromatic nitrogens is 1. The van der Waals surface area contributed by atoms with E-state index in [9.17, 15) is 28.8 Å². The second-order valence-electron chi connectivity index (χ2n) is 13.2. The quantitative estimate of drug-likeness (QED) is 0.207. The van der Waals surface area contributed by atoms with E-state index in [1.54, 1.807) is 18.2 Å². The second-order valence-corrected chi connectivity index (χ2v) is 13.2. The minimum atomic E-state index is -1.28. The van der Waals surface area contributed by atoms with Gasteiger partial charge in [-0.05, 0) is 69.1 Å². The van der Waals surface area contributed by atoms with Gasteiger partial charge < -0.3 is 30.3 Å². The third-order valence-corrected chi connectivity index (χ3v) is 9.77. The van der Waals surface area contributed by atoms with Crippen LogP contribution in [0.25, 0.3) is 11.0 Å². The number of rotatable bonds is 13. The molecule has 7 rings (SSSR count). The first-order chi connectivity index (χ1) is 22.6. The molecule has 1 atom stereocenters. The molecule has 248 valence electrons. The standard InChI is InChI=1S/C35H41N5O7/c1-2-23-24-11-6-7-13-28(24)47-30(23)33(45)37-25(14-15-27(41)32(44)36-22-9-4-3-5-10-22)31(43)38-26-12-8-16-40(34(26)46)20-29(42)39-35-17-21(18-35)19-35/h6-8,11-13,16,21-22,25H,2-5,9-10,14-15,17-20H2,1H3,(H,36,44)(H,37,45)(H,38,43)(H,39,42)/t21?,25-,35?/m0/s1. The first-order valence-electron chi connectivity index (χ1n) is 16.6. The summed E-state index contributed by atoms with van der Waals surface area (Å²) in [6, 6.07) is 8.83. The summed E-state index contributed by atoms with van der Waals surface area (Å²) >= 11 is 0. The Hall–Kier alpha value is -4.74. The fraction of sp³-hybridized carbons (Fsp3) is 0.486. The SMILES string of the molecule is CCc1c(C(=O)N[C@@H](CCC(=O)C(=O)NC2CCCCC2)C(=O)Nc2cccn(CC(=O)NC34CC(C3)C4)c2=O)oc2ccccc12. The van der Waals surface area contributed by atoms with E-state index in [1.165, 1.54) is 16.8 Å². The number of amides is 4. The van der Waals surface area contributed by atoms with Crippen molar-refractivity contribution in [1.82, 2.24) is 20.5 Å². The molecular weight excluding hydrogens is 602 g/mol. The van der Waals surface area contributed by atoms with Crippen LogP contribution in [0.2, 0.25) is 0 Å². The first kappa shape index (κ1) is 32.2. The van der Waals surface area contributed by atoms with Crippen molar-refractivity contribution in [1.29, 1.82) is 0 Å². The van der Waals surface area contributed by atoms with Crippen LogP contribution in [0.5, 0.6) is 0 Å². The second kappa shape index (κ2) is 13.5. The summed E-state index contributed by atoms with van der Waals surface area (Å²) in [4.78, 5) is 78.6. The van der Waals surface area contributed by atoms with Crippen molar-refractivity contribution in [3.63, 3.8) is 0 Å². The first-order valence-corrected chi connectivity index (χ1v) is 16.6. The zero-order valence-electron chi connectivity index (χ0n) is 26.6. The number of para-hydroxylation sites is 1. The highest BCUT2D eigenvalue weighted by Crippen LogP contribution is 2.56. The third-order valence-electron chi connectivity index (χ3n) is 9.77. The lowest BCUT2D eigenvalue weighted by Gasteiger charge is -2.61. The van der Waals surface area contributed by atoms with Gasteiger partial charge in [-0.1, -0.05) is 44.4 Å². The van der Waals surface area contributed by atoms with Gasteiger partial charge in [-0.25, -0.2) is 0 Å². The number of furan rings is 1. The molecule has 12 nitrogen and oxygen atoms in total. The molecule has 2 aromatic heterocycles. The summed E-state index contributed by atoms with van der Waals surface area (Å²) in [6.07, 6.45) is 9.07. The van der Waals surface area contributed by atoms with Crippen molar-refractivity contribution in [3.8, 4) is 0 Å². The predicted octanol–water partition coefficient (Wildman–Crippen LogP) is 3.36. The Kier molecular flexibility index (Phi) is 9.28. The predicted molar refractivity (Wildman–Crippen MR) is 174 cm³/mol. The van der Waals surface area contributed by atoms with E-state index in [1.807, 2.05) is 19.1 Å². The van der Waals surface area contributed by atoms with Gasteiger partial charge in [-0.15, -0.1) is 0 Å². The van der Waals surface area contributed by atoms with Gasteiger partial charge in [0, 0.05) is 35.1 Å². The summed E-state index contributed by atoms with van der Waals surface area (Å²) in [7, 11) is 0. The molecule has 0 unspecified atom stereocenters. The van der Waals surface area contributed by atoms with Crippen LogP contribution in [0, 0.1) is 5.92 Å². The number of aryl methyl sites for hydroxylation is 1. The molecule has 47 heavy (non-hydrogen) atoms. The normalized spacial score (nSPS) is 20.7. The van der Waals surface area contributed by atoms with Crippen LogP contribution in [0.15, 0.2) is 51.8 Å². The largest absolute Gasteiger partial charge is 0.451 e. The molecule has 4 fully saturated rings. The molecule has 0 saturated heterocycles. The van der Waals surface area contributed by atoms with Gasteiger partial charge >= 0.3 is 0 Å². The molecule has 1 aromatic carbocycles. The average molecular weight is 644 g/mol. The van der Waals surface area contributed by atoms with Gasteiger partial charge in [-0.2, -0.15) is 0 Å². The molecule has 0 radical (unpaired) electrons. The van der Waals surface area contributed by atoms with Gasteiger partial charge in [-0.3, -0.25) is 28.8 Å². The monoisotopic (exact) mass is 643 g/mol. The summed E-state index contributed by atoms with van der Waals surface area (Å²) in [6.45, 7) is 1.68. The average Bonchev–Trinajstić information content (AvgIpc) is 3.41. The number of Topliss-reactive ketones (excluding diaryl/α,β-unsaturated/α-hetero) is 1. The molecule has 4 aliphatic rings. The van der Waals surface area contributed by atoms with Crippen molar-refractivity contribution in [3.05, 3.63) is 64.3 Å². The van der Waals surface area contributed by atoms with Crippen LogP contribution in [0.3, 0.4) is 0 Å². The smallest absolute Gasteiger partial charge is 0.287 e. The molecule has 4 amide bonds. The molecule has 2 heterocycles. The molecule has 4 saturated carbocycles. The van der Waals surface area contributed by atoms with Crippen molar-refractivity contribution >= 4 is 46.1 Å². The van der Waals surface area contributed by atoms with E-state index in [0.717, 1.165) is 56.8 Å². The number of fused-ring (bicyclic) bond motifs is 1. The lowest BCUT2D eigenvalue weighted by atomic mass is 9.50. The lowest BCUT2D eigenvalue weighted by molar-refractivity contribution is -0.138. The number of nitrogens with one attached hydrogen (secondary N) is 4. The van der Waals surface area contributed by atoms with Gasteiger partial charge in [0.25, 0.3) is 17.4 Å². The molecule has 4 N–H and O–H groups in total.